The minimum Gasteiger partial charge on any atom is -0.493 e. The van der Waals surface area contributed by atoms with Gasteiger partial charge in [0, 0.05) is 30.6 Å². The number of anilines is 4. The molecule has 3 aromatic rings. The second kappa shape index (κ2) is 8.91. The Morgan fingerprint density at radius 2 is 1.93 bits per heavy atom. The molecule has 0 fully saturated rings. The van der Waals surface area contributed by atoms with Gasteiger partial charge in [0.2, 0.25) is 0 Å². The summed E-state index contributed by atoms with van der Waals surface area (Å²) < 4.78 is 5.32. The number of aromatic nitrogens is 5. The van der Waals surface area contributed by atoms with Crippen LogP contribution in [0.25, 0.3) is 0 Å². The predicted octanol–water partition coefficient (Wildman–Crippen LogP) is 2.52. The first-order valence-electron chi connectivity index (χ1n) is 9.01. The van der Waals surface area contributed by atoms with E-state index < -0.39 is 0 Å². The fourth-order valence-corrected chi connectivity index (χ4v) is 2.65. The molecule has 0 aliphatic rings. The van der Waals surface area contributed by atoms with E-state index >= 15 is 0 Å². The van der Waals surface area contributed by atoms with E-state index in [4.69, 9.17) is 4.74 Å². The smallest absolute Gasteiger partial charge is 0.273 e. The molecule has 0 saturated carbocycles. The van der Waals surface area contributed by atoms with E-state index in [2.05, 4.69) is 41.1 Å². The third-order valence-corrected chi connectivity index (χ3v) is 3.81. The van der Waals surface area contributed by atoms with Crippen LogP contribution in [-0.4, -0.2) is 44.7 Å². The molecular formula is C19H22N8O2. The Balaban J connectivity index is 1.98. The van der Waals surface area contributed by atoms with Crippen LogP contribution in [0.1, 0.15) is 28.9 Å². The van der Waals surface area contributed by atoms with Gasteiger partial charge in [0.25, 0.3) is 5.91 Å². The van der Waals surface area contributed by atoms with Crippen LogP contribution >= 0.6 is 0 Å². The van der Waals surface area contributed by atoms with Crippen molar-refractivity contribution < 1.29 is 9.53 Å². The molecule has 0 saturated heterocycles. The lowest BCUT2D eigenvalue weighted by molar-refractivity contribution is 0.0951. The van der Waals surface area contributed by atoms with Crippen LogP contribution in [0.4, 0.5) is 23.1 Å². The van der Waals surface area contributed by atoms with E-state index in [1.165, 1.54) is 0 Å². The summed E-state index contributed by atoms with van der Waals surface area (Å²) in [5.41, 5.74) is 1.39. The van der Waals surface area contributed by atoms with Crippen molar-refractivity contribution in [3.63, 3.8) is 0 Å². The van der Waals surface area contributed by atoms with Crippen LogP contribution in [0.2, 0.25) is 0 Å². The molecule has 1 amide bonds. The molecule has 0 bridgehead atoms. The van der Waals surface area contributed by atoms with E-state index in [0.717, 1.165) is 5.69 Å². The summed E-state index contributed by atoms with van der Waals surface area (Å²) in [6, 6.07) is 6.98. The molecule has 0 unspecified atom stereocenters. The van der Waals surface area contributed by atoms with E-state index in [9.17, 15) is 4.79 Å². The summed E-state index contributed by atoms with van der Waals surface area (Å²) in [6.07, 6.45) is 1.62. The van der Waals surface area contributed by atoms with Crippen LogP contribution in [0.5, 0.6) is 5.75 Å². The zero-order valence-electron chi connectivity index (χ0n) is 16.6. The molecule has 0 aromatic carbocycles. The van der Waals surface area contributed by atoms with Gasteiger partial charge in [0.05, 0.1) is 12.8 Å². The Hall–Kier alpha value is -3.82. The molecule has 3 N–H and O–H groups in total. The van der Waals surface area contributed by atoms with Gasteiger partial charge in [-0.1, -0.05) is 0 Å². The SMILES string of the molecule is CCNC(=O)c1nnc(Nc2cc(C)nc(C)n2)cc1Nc1ncccc1OC. The molecule has 10 nitrogen and oxygen atoms in total. The van der Waals surface area contributed by atoms with Crippen LogP contribution in [0, 0.1) is 13.8 Å². The first kappa shape index (κ1) is 19.9. The number of methoxy groups -OCH3 is 1. The van der Waals surface area contributed by atoms with Crippen molar-refractivity contribution in [1.29, 1.82) is 0 Å². The number of nitrogens with zero attached hydrogens (tertiary/aromatic N) is 5. The Morgan fingerprint density at radius 3 is 2.66 bits per heavy atom. The van der Waals surface area contributed by atoms with E-state index in [1.807, 2.05) is 20.8 Å². The summed E-state index contributed by atoms with van der Waals surface area (Å²) >= 11 is 0. The molecule has 29 heavy (non-hydrogen) atoms. The number of carbonyl (C=O) groups excluding carboxylic acids is 1. The zero-order chi connectivity index (χ0) is 20.8. The predicted molar refractivity (Wildman–Crippen MR) is 109 cm³/mol. The topological polar surface area (TPSA) is 127 Å². The van der Waals surface area contributed by atoms with Crippen molar-refractivity contribution in [2.45, 2.75) is 20.8 Å². The van der Waals surface area contributed by atoms with Gasteiger partial charge in [0.15, 0.2) is 23.1 Å². The molecular weight excluding hydrogens is 372 g/mol. The molecule has 150 valence electrons. The summed E-state index contributed by atoms with van der Waals surface area (Å²) in [4.78, 5) is 25.3. The molecule has 0 aliphatic heterocycles. The van der Waals surface area contributed by atoms with Gasteiger partial charge in [-0.15, -0.1) is 10.2 Å². The van der Waals surface area contributed by atoms with Gasteiger partial charge < -0.3 is 20.7 Å². The van der Waals surface area contributed by atoms with Gasteiger partial charge in [0.1, 0.15) is 11.6 Å². The monoisotopic (exact) mass is 394 g/mol. The highest BCUT2D eigenvalue weighted by molar-refractivity contribution is 5.98. The van der Waals surface area contributed by atoms with Crippen molar-refractivity contribution in [2.75, 3.05) is 24.3 Å². The molecule has 0 radical (unpaired) electrons. The highest BCUT2D eigenvalue weighted by Gasteiger charge is 2.17. The molecule has 0 spiro atoms. The number of carbonyl (C=O) groups is 1. The molecule has 3 heterocycles. The zero-order valence-corrected chi connectivity index (χ0v) is 16.6. The van der Waals surface area contributed by atoms with Crippen LogP contribution in [-0.2, 0) is 0 Å². The summed E-state index contributed by atoms with van der Waals surface area (Å²) in [6.45, 7) is 5.98. The molecule has 3 aromatic heterocycles. The number of hydrogen-bond acceptors (Lipinski definition) is 9. The number of aryl methyl sites for hydroxylation is 2. The Labute approximate surface area is 168 Å². The van der Waals surface area contributed by atoms with Crippen molar-refractivity contribution in [3.8, 4) is 5.75 Å². The quantitative estimate of drug-likeness (QED) is 0.554. The van der Waals surface area contributed by atoms with Crippen molar-refractivity contribution >= 4 is 29.0 Å². The van der Waals surface area contributed by atoms with Crippen LogP contribution in [0.3, 0.4) is 0 Å². The Kier molecular flexibility index (Phi) is 6.12. The third kappa shape index (κ3) is 4.92. The van der Waals surface area contributed by atoms with E-state index in [-0.39, 0.29) is 11.6 Å². The normalized spacial score (nSPS) is 10.3. The number of rotatable bonds is 7. The summed E-state index contributed by atoms with van der Waals surface area (Å²) in [7, 11) is 1.55. The maximum absolute atomic E-state index is 12.4. The Morgan fingerprint density at radius 1 is 1.10 bits per heavy atom. The van der Waals surface area contributed by atoms with Crippen molar-refractivity contribution in [1.82, 2.24) is 30.5 Å². The summed E-state index contributed by atoms with van der Waals surface area (Å²) in [5.74, 6) is 2.26. The van der Waals surface area contributed by atoms with Gasteiger partial charge >= 0.3 is 0 Å². The number of nitrogens with one attached hydrogen (secondary N) is 3. The van der Waals surface area contributed by atoms with Gasteiger partial charge in [-0.2, -0.15) is 0 Å². The third-order valence-electron chi connectivity index (χ3n) is 3.81. The average Bonchev–Trinajstić information content (AvgIpc) is 2.68. The second-order valence-corrected chi connectivity index (χ2v) is 6.10. The standard InChI is InChI=1S/C19H22N8O2/c1-5-20-19(28)17-13(24-18-14(29-4)7-6-8-21-18)10-16(26-27-17)25-15-9-11(2)22-12(3)23-15/h6-10H,5H2,1-4H3,(H,20,28)(H2,21,22,23,24,25,26). The highest BCUT2D eigenvalue weighted by atomic mass is 16.5. The fraction of sp³-hybridized carbons (Fsp3) is 0.263. The van der Waals surface area contributed by atoms with Gasteiger partial charge in [-0.25, -0.2) is 15.0 Å². The number of pyridine rings is 1. The maximum atomic E-state index is 12.4. The molecule has 0 aliphatic carbocycles. The minimum absolute atomic E-state index is 0.139. The number of ether oxygens (including phenoxy) is 1. The fourth-order valence-electron chi connectivity index (χ4n) is 2.65. The molecule has 3 rings (SSSR count). The lowest BCUT2D eigenvalue weighted by Gasteiger charge is -2.14. The number of hydrogen-bond donors (Lipinski definition) is 3. The van der Waals surface area contributed by atoms with E-state index in [1.54, 1.807) is 37.6 Å². The van der Waals surface area contributed by atoms with Crippen LogP contribution in [0.15, 0.2) is 30.5 Å². The lowest BCUT2D eigenvalue weighted by Crippen LogP contribution is -2.25. The summed E-state index contributed by atoms with van der Waals surface area (Å²) in [5, 5.41) is 17.1. The van der Waals surface area contributed by atoms with Gasteiger partial charge in [-0.05, 0) is 32.9 Å². The largest absolute Gasteiger partial charge is 0.493 e. The highest BCUT2D eigenvalue weighted by Crippen LogP contribution is 2.27. The maximum Gasteiger partial charge on any atom is 0.273 e. The number of amides is 1. The molecule has 0 atom stereocenters. The molecule has 10 heteroatoms. The second-order valence-electron chi connectivity index (χ2n) is 6.10. The first-order valence-corrected chi connectivity index (χ1v) is 9.01. The first-order chi connectivity index (χ1) is 14.0. The lowest BCUT2D eigenvalue weighted by atomic mass is 10.2. The Bertz CT molecular complexity index is 1000. The van der Waals surface area contributed by atoms with Crippen LogP contribution < -0.4 is 20.7 Å². The van der Waals surface area contributed by atoms with E-state index in [0.29, 0.717) is 41.3 Å². The van der Waals surface area contributed by atoms with Gasteiger partial charge in [-0.3, -0.25) is 4.79 Å². The average molecular weight is 394 g/mol. The van der Waals surface area contributed by atoms with Crippen molar-refractivity contribution in [3.05, 3.63) is 47.7 Å². The minimum atomic E-state index is -0.349. The van der Waals surface area contributed by atoms with Crippen molar-refractivity contribution in [2.24, 2.45) is 0 Å².